The summed E-state index contributed by atoms with van der Waals surface area (Å²) >= 11 is 0. The second-order valence-electron chi connectivity index (χ2n) is 6.26. The average molecular weight is 362 g/mol. The lowest BCUT2D eigenvalue weighted by Crippen LogP contribution is -2.16. The fourth-order valence-electron chi connectivity index (χ4n) is 2.49. The third-order valence-corrected chi connectivity index (χ3v) is 3.92. The maximum absolute atomic E-state index is 12.6. The molecular formula is C20H22N6O. The zero-order valence-corrected chi connectivity index (χ0v) is 15.7. The summed E-state index contributed by atoms with van der Waals surface area (Å²) < 4.78 is 0. The molecule has 0 bridgehead atoms. The first-order valence-electron chi connectivity index (χ1n) is 8.77. The lowest BCUT2D eigenvalue weighted by atomic mass is 10.0. The van der Waals surface area contributed by atoms with E-state index in [1.807, 2.05) is 56.3 Å². The summed E-state index contributed by atoms with van der Waals surface area (Å²) in [6.07, 6.45) is 2.65. The second kappa shape index (κ2) is 8.35. The van der Waals surface area contributed by atoms with E-state index < -0.39 is 0 Å². The highest BCUT2D eigenvalue weighted by atomic mass is 16.1. The van der Waals surface area contributed by atoms with E-state index in [4.69, 9.17) is 0 Å². The second-order valence-corrected chi connectivity index (χ2v) is 6.26. The normalized spacial score (nSPS) is 10.5. The van der Waals surface area contributed by atoms with Gasteiger partial charge in [0.05, 0.1) is 0 Å². The van der Waals surface area contributed by atoms with E-state index in [-0.39, 0.29) is 5.78 Å². The van der Waals surface area contributed by atoms with Gasteiger partial charge in [0.15, 0.2) is 5.78 Å². The van der Waals surface area contributed by atoms with Crippen LogP contribution >= 0.6 is 0 Å². The molecule has 0 spiro atoms. The number of Topliss-reactive ketones (excluding diaryl/α,β-unsaturated/α-hetero) is 1. The lowest BCUT2D eigenvalue weighted by Gasteiger charge is -2.13. The first kappa shape index (κ1) is 18.4. The minimum atomic E-state index is 0.0329. The Morgan fingerprint density at radius 3 is 2.56 bits per heavy atom. The van der Waals surface area contributed by atoms with Crippen LogP contribution in [0, 0.1) is 0 Å². The summed E-state index contributed by atoms with van der Waals surface area (Å²) in [4.78, 5) is 31.8. The number of aromatic nitrogens is 4. The van der Waals surface area contributed by atoms with Crippen LogP contribution in [-0.4, -0.2) is 39.8 Å². The van der Waals surface area contributed by atoms with Crippen LogP contribution in [0.1, 0.15) is 28.7 Å². The molecule has 0 atom stereocenters. The average Bonchev–Trinajstić information content (AvgIpc) is 2.68. The summed E-state index contributed by atoms with van der Waals surface area (Å²) in [5.74, 6) is 2.22. The van der Waals surface area contributed by atoms with E-state index in [9.17, 15) is 4.79 Å². The molecule has 1 aromatic carbocycles. The molecule has 0 radical (unpaired) electrons. The van der Waals surface area contributed by atoms with Gasteiger partial charge in [0.1, 0.15) is 11.6 Å². The van der Waals surface area contributed by atoms with Crippen molar-refractivity contribution in [2.45, 2.75) is 19.8 Å². The quantitative estimate of drug-likeness (QED) is 0.647. The fraction of sp³-hybridized carbons (Fsp3) is 0.250. The number of benzene rings is 1. The molecule has 3 aromatic rings. The number of hydrogen-bond donors (Lipinski definition) is 1. The monoisotopic (exact) mass is 362 g/mol. The lowest BCUT2D eigenvalue weighted by molar-refractivity contribution is 0.0993. The molecule has 0 amide bonds. The molecule has 0 aliphatic carbocycles. The summed E-state index contributed by atoms with van der Waals surface area (Å²) in [5, 5.41) is 3.08. The number of nitrogens with one attached hydrogen (secondary N) is 1. The maximum Gasteiger partial charge on any atom is 0.233 e. The highest BCUT2D eigenvalue weighted by molar-refractivity contribution is 5.98. The van der Waals surface area contributed by atoms with Crippen molar-refractivity contribution in [3.63, 3.8) is 0 Å². The van der Waals surface area contributed by atoms with Crippen molar-refractivity contribution in [3.8, 4) is 0 Å². The first-order valence-corrected chi connectivity index (χ1v) is 8.77. The minimum absolute atomic E-state index is 0.0329. The van der Waals surface area contributed by atoms with Gasteiger partial charge in [-0.2, -0.15) is 15.0 Å². The van der Waals surface area contributed by atoms with E-state index in [0.717, 1.165) is 5.56 Å². The topological polar surface area (TPSA) is 83.9 Å². The van der Waals surface area contributed by atoms with Crippen LogP contribution in [0.4, 0.5) is 17.7 Å². The van der Waals surface area contributed by atoms with Crippen molar-refractivity contribution in [2.24, 2.45) is 0 Å². The van der Waals surface area contributed by atoms with Gasteiger partial charge in [-0.05, 0) is 17.7 Å². The number of carbonyl (C=O) groups excluding carboxylic acids is 1. The van der Waals surface area contributed by atoms with Crippen molar-refractivity contribution >= 4 is 23.5 Å². The molecule has 0 aliphatic heterocycles. The van der Waals surface area contributed by atoms with Crippen LogP contribution in [0.25, 0.3) is 0 Å². The summed E-state index contributed by atoms with van der Waals surface area (Å²) in [5.41, 5.74) is 1.57. The zero-order chi connectivity index (χ0) is 19.2. The van der Waals surface area contributed by atoms with Crippen LogP contribution in [-0.2, 0) is 12.8 Å². The van der Waals surface area contributed by atoms with Gasteiger partial charge >= 0.3 is 0 Å². The largest absolute Gasteiger partial charge is 0.347 e. The number of carbonyl (C=O) groups is 1. The molecule has 0 saturated heterocycles. The van der Waals surface area contributed by atoms with Gasteiger partial charge in [-0.1, -0.05) is 37.3 Å². The van der Waals surface area contributed by atoms with Crippen molar-refractivity contribution < 1.29 is 4.79 Å². The molecule has 0 unspecified atom stereocenters. The molecule has 0 aliphatic rings. The highest BCUT2D eigenvalue weighted by Gasteiger charge is 2.11. The van der Waals surface area contributed by atoms with Crippen LogP contribution in [0.2, 0.25) is 0 Å². The Morgan fingerprint density at radius 2 is 1.85 bits per heavy atom. The van der Waals surface area contributed by atoms with E-state index in [2.05, 4.69) is 25.3 Å². The van der Waals surface area contributed by atoms with Crippen LogP contribution in [0.5, 0.6) is 0 Å². The number of hydrogen-bond acceptors (Lipinski definition) is 7. The summed E-state index contributed by atoms with van der Waals surface area (Å²) in [6.45, 7) is 1.99. The number of aryl methyl sites for hydroxylation is 1. The zero-order valence-electron chi connectivity index (χ0n) is 15.7. The van der Waals surface area contributed by atoms with Crippen molar-refractivity contribution in [1.82, 2.24) is 19.9 Å². The Kier molecular flexibility index (Phi) is 5.71. The van der Waals surface area contributed by atoms with Crippen LogP contribution in [0.3, 0.4) is 0 Å². The van der Waals surface area contributed by atoms with E-state index in [1.165, 1.54) is 0 Å². The van der Waals surface area contributed by atoms with Gasteiger partial charge in [0.2, 0.25) is 11.9 Å². The number of pyridine rings is 1. The van der Waals surface area contributed by atoms with Crippen molar-refractivity contribution in [2.75, 3.05) is 24.3 Å². The Hall–Kier alpha value is -3.35. The Balaban J connectivity index is 1.80. The van der Waals surface area contributed by atoms with Gasteiger partial charge in [-0.3, -0.25) is 4.79 Å². The molecule has 3 rings (SSSR count). The highest BCUT2D eigenvalue weighted by Crippen LogP contribution is 2.16. The third kappa shape index (κ3) is 4.84. The van der Waals surface area contributed by atoms with Gasteiger partial charge in [0.25, 0.3) is 0 Å². The standard InChI is InChI=1S/C20H22N6O/c1-4-17-22-19(25-20(24-17)26(2)3)23-18-13-15(10-11-21-18)16(27)12-14-8-6-5-7-9-14/h5-11,13H,4,12H2,1-3H3,(H,21,22,23,24,25). The number of nitrogens with zero attached hydrogens (tertiary/aromatic N) is 5. The Morgan fingerprint density at radius 1 is 1.07 bits per heavy atom. The van der Waals surface area contributed by atoms with Crippen molar-refractivity contribution in [3.05, 3.63) is 65.6 Å². The summed E-state index contributed by atoms with van der Waals surface area (Å²) in [7, 11) is 3.75. The van der Waals surface area contributed by atoms with E-state index >= 15 is 0 Å². The van der Waals surface area contributed by atoms with Gasteiger partial charge in [-0.25, -0.2) is 4.98 Å². The van der Waals surface area contributed by atoms with Gasteiger partial charge in [0, 0.05) is 38.7 Å². The summed E-state index contributed by atoms with van der Waals surface area (Å²) in [6, 6.07) is 13.1. The predicted octanol–water partition coefficient (Wildman–Crippen LogP) is 3.06. The maximum atomic E-state index is 12.6. The van der Waals surface area contributed by atoms with E-state index in [0.29, 0.717) is 41.9 Å². The number of rotatable bonds is 7. The van der Waals surface area contributed by atoms with Crippen LogP contribution in [0.15, 0.2) is 48.7 Å². The van der Waals surface area contributed by atoms with Crippen LogP contribution < -0.4 is 10.2 Å². The first-order chi connectivity index (χ1) is 13.0. The Labute approximate surface area is 158 Å². The molecular weight excluding hydrogens is 340 g/mol. The number of ketones is 1. The van der Waals surface area contributed by atoms with Gasteiger partial charge < -0.3 is 10.2 Å². The molecule has 7 nitrogen and oxygen atoms in total. The molecule has 27 heavy (non-hydrogen) atoms. The molecule has 1 N–H and O–H groups in total. The third-order valence-electron chi connectivity index (χ3n) is 3.92. The molecule has 138 valence electrons. The minimum Gasteiger partial charge on any atom is -0.347 e. The molecule has 0 fully saturated rings. The SMILES string of the molecule is CCc1nc(Nc2cc(C(=O)Cc3ccccc3)ccn2)nc(N(C)C)n1. The smallest absolute Gasteiger partial charge is 0.233 e. The molecule has 0 saturated carbocycles. The fourth-order valence-corrected chi connectivity index (χ4v) is 2.49. The number of anilines is 3. The predicted molar refractivity (Wildman–Crippen MR) is 106 cm³/mol. The van der Waals surface area contributed by atoms with E-state index in [1.54, 1.807) is 18.3 Å². The van der Waals surface area contributed by atoms with Gasteiger partial charge in [-0.15, -0.1) is 0 Å². The molecule has 2 heterocycles. The molecule has 2 aromatic heterocycles. The Bertz CT molecular complexity index is 927. The van der Waals surface area contributed by atoms with Crippen molar-refractivity contribution in [1.29, 1.82) is 0 Å². The molecule has 7 heteroatoms.